The van der Waals surface area contributed by atoms with Crippen LogP contribution in [0.5, 0.6) is 5.75 Å². The first kappa shape index (κ1) is 33.6. The number of Topliss-reactive ketones (excluding diaryl/α,β-unsaturated/α-hetero) is 1. The smallest absolute Gasteiger partial charge is 0.307 e. The van der Waals surface area contributed by atoms with E-state index in [0.29, 0.717) is 11.4 Å². The van der Waals surface area contributed by atoms with Crippen LogP contribution in [0.3, 0.4) is 0 Å². The summed E-state index contributed by atoms with van der Waals surface area (Å²) in [5.74, 6) is -0.483. The van der Waals surface area contributed by atoms with Crippen LogP contribution in [0.25, 0.3) is 22.5 Å². The summed E-state index contributed by atoms with van der Waals surface area (Å²) in [6, 6.07) is 23.1. The molecule has 0 saturated heterocycles. The molecule has 0 aliphatic carbocycles. The lowest BCUT2D eigenvalue weighted by Crippen LogP contribution is -2.20. The molecule has 236 valence electrons. The molecule has 0 aliphatic rings. The molecule has 6 nitrogen and oxygen atoms in total. The zero-order valence-electron chi connectivity index (χ0n) is 27.1. The van der Waals surface area contributed by atoms with Gasteiger partial charge in [-0.2, -0.15) is 0 Å². The van der Waals surface area contributed by atoms with Gasteiger partial charge in [0.15, 0.2) is 11.6 Å². The maximum Gasteiger partial charge on any atom is 0.307 e. The highest BCUT2D eigenvalue weighted by atomic mass is 16.5. The Labute approximate surface area is 267 Å². The zero-order chi connectivity index (χ0) is 32.2. The summed E-state index contributed by atoms with van der Waals surface area (Å²) in [6.45, 7) is 9.48. The minimum absolute atomic E-state index is 0.0492. The summed E-state index contributed by atoms with van der Waals surface area (Å²) in [6.07, 6.45) is 10.8. The first-order chi connectivity index (χ1) is 21.6. The molecular formula is C39H46N2O4. The van der Waals surface area contributed by atoms with Crippen molar-refractivity contribution < 1.29 is 19.4 Å². The predicted octanol–water partition coefficient (Wildman–Crippen LogP) is 9.26. The van der Waals surface area contributed by atoms with Gasteiger partial charge in [0.05, 0.1) is 12.5 Å². The fourth-order valence-corrected chi connectivity index (χ4v) is 5.35. The van der Waals surface area contributed by atoms with Crippen molar-refractivity contribution in [3.63, 3.8) is 0 Å². The highest BCUT2D eigenvalue weighted by Gasteiger charge is 2.23. The van der Waals surface area contributed by atoms with Gasteiger partial charge in [0.25, 0.3) is 0 Å². The van der Waals surface area contributed by atoms with E-state index in [9.17, 15) is 14.7 Å². The molecule has 1 aromatic heterocycles. The third kappa shape index (κ3) is 10.7. The predicted molar refractivity (Wildman–Crippen MR) is 181 cm³/mol. The highest BCUT2D eigenvalue weighted by Crippen LogP contribution is 2.25. The van der Waals surface area contributed by atoms with E-state index in [1.54, 1.807) is 0 Å². The number of unbranched alkanes of at least 4 members (excludes halogenated alkanes) is 4. The number of ether oxygens (including phenoxy) is 1. The summed E-state index contributed by atoms with van der Waals surface area (Å²) in [4.78, 5) is 34.1. The number of carbonyl (C=O) groups is 2. The second-order valence-electron chi connectivity index (χ2n) is 13.1. The van der Waals surface area contributed by atoms with Crippen molar-refractivity contribution in [2.75, 3.05) is 6.61 Å². The van der Waals surface area contributed by atoms with Gasteiger partial charge in [0.2, 0.25) is 0 Å². The van der Waals surface area contributed by atoms with Gasteiger partial charge in [-0.05, 0) is 53.5 Å². The maximum absolute atomic E-state index is 12.9. The quantitative estimate of drug-likeness (QED) is 0.101. The topological polar surface area (TPSA) is 89.4 Å². The third-order valence-corrected chi connectivity index (χ3v) is 7.84. The van der Waals surface area contributed by atoms with Gasteiger partial charge < -0.3 is 9.84 Å². The Hall–Kier alpha value is -4.32. The zero-order valence-corrected chi connectivity index (χ0v) is 27.1. The average molecular weight is 607 g/mol. The number of benzene rings is 3. The normalized spacial score (nSPS) is 12.1. The molecule has 0 aliphatic heterocycles. The van der Waals surface area contributed by atoms with Crippen LogP contribution in [-0.4, -0.2) is 33.4 Å². The van der Waals surface area contributed by atoms with Crippen LogP contribution in [0.1, 0.15) is 87.7 Å². The number of rotatable bonds is 16. The van der Waals surface area contributed by atoms with Crippen LogP contribution in [-0.2, 0) is 17.6 Å². The number of carbonyl (C=O) groups excluding carboxylic acids is 1. The Morgan fingerprint density at radius 1 is 0.756 bits per heavy atom. The number of hydrogen-bond donors (Lipinski definition) is 1. The fraction of sp³-hybridized carbons (Fsp3) is 0.385. The molecule has 3 aromatic carbocycles. The summed E-state index contributed by atoms with van der Waals surface area (Å²) in [5, 5.41) is 9.86. The second-order valence-corrected chi connectivity index (χ2v) is 13.1. The molecule has 1 heterocycles. The average Bonchev–Trinajstić information content (AvgIpc) is 3.02. The molecule has 6 heteroatoms. The summed E-state index contributed by atoms with van der Waals surface area (Å²) < 4.78 is 5.88. The van der Waals surface area contributed by atoms with Crippen molar-refractivity contribution in [2.24, 2.45) is 11.3 Å². The first-order valence-corrected chi connectivity index (χ1v) is 16.1. The Kier molecular flexibility index (Phi) is 12.0. The molecule has 4 aromatic rings. The Morgan fingerprint density at radius 2 is 1.36 bits per heavy atom. The van der Waals surface area contributed by atoms with Crippen LogP contribution < -0.4 is 4.74 Å². The monoisotopic (exact) mass is 606 g/mol. The molecule has 0 bridgehead atoms. The van der Waals surface area contributed by atoms with Gasteiger partial charge in [0.1, 0.15) is 5.75 Å². The molecular weight excluding hydrogens is 560 g/mol. The minimum Gasteiger partial charge on any atom is -0.494 e. The van der Waals surface area contributed by atoms with E-state index in [2.05, 4.69) is 37.7 Å². The molecule has 4 rings (SSSR count). The van der Waals surface area contributed by atoms with Crippen molar-refractivity contribution in [1.82, 2.24) is 9.97 Å². The van der Waals surface area contributed by atoms with Crippen molar-refractivity contribution in [3.8, 4) is 28.3 Å². The van der Waals surface area contributed by atoms with Crippen LogP contribution in [0.15, 0.2) is 85.2 Å². The number of hydrogen-bond acceptors (Lipinski definition) is 5. The largest absolute Gasteiger partial charge is 0.494 e. The minimum atomic E-state index is -0.974. The molecule has 0 radical (unpaired) electrons. The van der Waals surface area contributed by atoms with E-state index in [4.69, 9.17) is 4.74 Å². The van der Waals surface area contributed by atoms with E-state index in [1.807, 2.05) is 85.2 Å². The van der Waals surface area contributed by atoms with Gasteiger partial charge in [-0.1, -0.05) is 114 Å². The molecule has 0 spiro atoms. The van der Waals surface area contributed by atoms with E-state index < -0.39 is 11.9 Å². The number of carboxylic acids is 1. The molecule has 45 heavy (non-hydrogen) atoms. The molecule has 1 atom stereocenters. The Bertz CT molecular complexity index is 1500. The Morgan fingerprint density at radius 3 is 1.96 bits per heavy atom. The van der Waals surface area contributed by atoms with Crippen molar-refractivity contribution >= 4 is 11.8 Å². The van der Waals surface area contributed by atoms with E-state index in [-0.39, 0.29) is 24.0 Å². The third-order valence-electron chi connectivity index (χ3n) is 7.84. The standard InChI is InChI=1S/C39H46N2O4/c1-5-6-7-8-9-22-45-35-20-18-30(19-21-35)34-26-40-37(41-27-34)32-16-10-28(11-17-32)23-33(38(43)44)24-36(42)31-14-12-29(13-15-31)25-39(2,3)4/h10-21,26-27,33H,5-9,22-25H2,1-4H3,(H,43,44)/t33-/m1/s1. The summed E-state index contributed by atoms with van der Waals surface area (Å²) >= 11 is 0. The molecule has 0 saturated carbocycles. The fourth-order valence-electron chi connectivity index (χ4n) is 5.35. The van der Waals surface area contributed by atoms with Gasteiger partial charge in [-0.15, -0.1) is 0 Å². The van der Waals surface area contributed by atoms with Crippen LogP contribution in [0.2, 0.25) is 0 Å². The van der Waals surface area contributed by atoms with E-state index in [0.717, 1.165) is 53.0 Å². The second kappa shape index (κ2) is 16.1. The number of aliphatic carboxylic acids is 1. The lowest BCUT2D eigenvalue weighted by Gasteiger charge is -2.18. The van der Waals surface area contributed by atoms with Crippen molar-refractivity contribution in [3.05, 3.63) is 102 Å². The molecule has 0 amide bonds. The lowest BCUT2D eigenvalue weighted by molar-refractivity contribution is -0.141. The first-order valence-electron chi connectivity index (χ1n) is 16.1. The van der Waals surface area contributed by atoms with Crippen LogP contribution >= 0.6 is 0 Å². The number of nitrogens with zero attached hydrogens (tertiary/aromatic N) is 2. The SMILES string of the molecule is CCCCCCCOc1ccc(-c2cnc(-c3ccc(C[C@H](CC(=O)c4ccc(CC(C)(C)C)cc4)C(=O)O)cc3)nc2)cc1. The highest BCUT2D eigenvalue weighted by molar-refractivity contribution is 5.98. The van der Waals surface area contributed by atoms with Crippen LogP contribution in [0.4, 0.5) is 0 Å². The number of aromatic nitrogens is 2. The van der Waals surface area contributed by atoms with Crippen LogP contribution in [0, 0.1) is 11.3 Å². The molecule has 0 unspecified atom stereocenters. The number of carboxylic acid groups (broad SMARTS) is 1. The van der Waals surface area contributed by atoms with Crippen molar-refractivity contribution in [1.29, 1.82) is 0 Å². The van der Waals surface area contributed by atoms with Gasteiger partial charge >= 0.3 is 5.97 Å². The molecule has 1 N–H and O–H groups in total. The number of ketones is 1. The van der Waals surface area contributed by atoms with E-state index >= 15 is 0 Å². The van der Waals surface area contributed by atoms with Crippen molar-refractivity contribution in [2.45, 2.75) is 79.1 Å². The van der Waals surface area contributed by atoms with Gasteiger partial charge in [-0.25, -0.2) is 9.97 Å². The Balaban J connectivity index is 1.31. The summed E-state index contributed by atoms with van der Waals surface area (Å²) in [5.41, 5.74) is 5.48. The lowest BCUT2D eigenvalue weighted by atomic mass is 9.87. The van der Waals surface area contributed by atoms with E-state index in [1.165, 1.54) is 25.7 Å². The molecule has 0 fully saturated rings. The van der Waals surface area contributed by atoms with Gasteiger partial charge in [-0.3, -0.25) is 9.59 Å². The summed E-state index contributed by atoms with van der Waals surface area (Å²) in [7, 11) is 0. The maximum atomic E-state index is 12.9. The van der Waals surface area contributed by atoms with Gasteiger partial charge in [0, 0.05) is 35.5 Å².